The molecule has 0 atom stereocenters. The van der Waals surface area contributed by atoms with Crippen molar-refractivity contribution in [3.8, 4) is 0 Å². The molecule has 4 nitrogen and oxygen atoms in total. The molecule has 0 radical (unpaired) electrons. The molecule has 0 aromatic heterocycles. The molecule has 1 rings (SSSR count). The predicted octanol–water partition coefficient (Wildman–Crippen LogP) is 1.58. The summed E-state index contributed by atoms with van der Waals surface area (Å²) >= 11 is 7.54. The van der Waals surface area contributed by atoms with E-state index >= 15 is 0 Å². The first-order valence-corrected chi connectivity index (χ1v) is 6.15. The van der Waals surface area contributed by atoms with Gasteiger partial charge >= 0.3 is 11.8 Å². The van der Waals surface area contributed by atoms with Gasteiger partial charge in [-0.3, -0.25) is 9.59 Å². The summed E-state index contributed by atoms with van der Waals surface area (Å²) in [6.45, 7) is 0.278. The number of carbonyl (C=O) groups is 2. The van der Waals surface area contributed by atoms with Gasteiger partial charge in [-0.15, -0.1) is 11.6 Å². The Kier molecular flexibility index (Phi) is 5.54. The first kappa shape index (κ1) is 13.2. The number of anilines is 1. The van der Waals surface area contributed by atoms with Crippen LogP contribution in [-0.4, -0.2) is 24.2 Å². The summed E-state index contributed by atoms with van der Waals surface area (Å²) in [6, 6.07) is 7.14. The highest BCUT2D eigenvalue weighted by Crippen LogP contribution is 2.10. The van der Waals surface area contributed by atoms with Crippen molar-refractivity contribution in [1.82, 2.24) is 5.32 Å². The van der Waals surface area contributed by atoms with Gasteiger partial charge in [0.25, 0.3) is 0 Å². The molecule has 1 aromatic rings. The average molecular weight is 353 g/mol. The number of alkyl halides is 1. The molecule has 0 bridgehead atoms. The Morgan fingerprint density at radius 1 is 1.19 bits per heavy atom. The third-order valence-electron chi connectivity index (χ3n) is 1.69. The van der Waals surface area contributed by atoms with Crippen LogP contribution in [0.15, 0.2) is 24.3 Å². The minimum absolute atomic E-state index is 0.278. The van der Waals surface area contributed by atoms with Gasteiger partial charge in [0.1, 0.15) is 0 Å². The Balaban J connectivity index is 2.51. The van der Waals surface area contributed by atoms with Crippen molar-refractivity contribution in [3.05, 3.63) is 27.8 Å². The van der Waals surface area contributed by atoms with Gasteiger partial charge in [0.15, 0.2) is 0 Å². The Labute approximate surface area is 112 Å². The SMILES string of the molecule is O=C(NCCCl)C(=O)Nc1ccc(I)cc1. The number of carbonyl (C=O) groups excluding carboxylic acids is 2. The fourth-order valence-corrected chi connectivity index (χ4v) is 1.42. The second-order valence-electron chi connectivity index (χ2n) is 2.91. The summed E-state index contributed by atoms with van der Waals surface area (Å²) in [6.07, 6.45) is 0. The molecular weight excluding hydrogens is 342 g/mol. The highest BCUT2D eigenvalue weighted by molar-refractivity contribution is 14.1. The fourth-order valence-electron chi connectivity index (χ4n) is 0.962. The van der Waals surface area contributed by atoms with Crippen LogP contribution >= 0.6 is 34.2 Å². The first-order chi connectivity index (χ1) is 7.63. The van der Waals surface area contributed by atoms with Crippen LogP contribution < -0.4 is 10.6 Å². The van der Waals surface area contributed by atoms with Gasteiger partial charge < -0.3 is 10.6 Å². The van der Waals surface area contributed by atoms with Crippen molar-refractivity contribution in [2.45, 2.75) is 0 Å². The first-order valence-electron chi connectivity index (χ1n) is 4.54. The number of hydrogen-bond acceptors (Lipinski definition) is 2. The molecule has 0 aliphatic heterocycles. The third-order valence-corrected chi connectivity index (χ3v) is 2.60. The zero-order chi connectivity index (χ0) is 12.0. The Morgan fingerprint density at radius 3 is 2.38 bits per heavy atom. The smallest absolute Gasteiger partial charge is 0.313 e. The lowest BCUT2D eigenvalue weighted by Gasteiger charge is -2.05. The minimum Gasteiger partial charge on any atom is -0.347 e. The second kappa shape index (κ2) is 6.70. The van der Waals surface area contributed by atoms with E-state index < -0.39 is 11.8 Å². The summed E-state index contributed by atoms with van der Waals surface area (Å²) < 4.78 is 1.06. The highest BCUT2D eigenvalue weighted by Gasteiger charge is 2.12. The largest absolute Gasteiger partial charge is 0.347 e. The lowest BCUT2D eigenvalue weighted by atomic mass is 10.3. The molecule has 1 aromatic carbocycles. The summed E-state index contributed by atoms with van der Waals surface area (Å²) in [4.78, 5) is 22.5. The molecular formula is C10H10ClIN2O2. The standard InChI is InChI=1S/C10H10ClIN2O2/c11-5-6-13-9(15)10(16)14-8-3-1-7(12)2-4-8/h1-4H,5-6H2,(H,13,15)(H,14,16). The molecule has 0 saturated carbocycles. The summed E-state index contributed by atoms with van der Waals surface area (Å²) in [7, 11) is 0. The molecule has 2 N–H and O–H groups in total. The van der Waals surface area contributed by atoms with Crippen LogP contribution in [-0.2, 0) is 9.59 Å². The maximum absolute atomic E-state index is 11.3. The van der Waals surface area contributed by atoms with E-state index in [0.29, 0.717) is 5.69 Å². The molecule has 6 heteroatoms. The van der Waals surface area contributed by atoms with Gasteiger partial charge in [0.05, 0.1) is 0 Å². The zero-order valence-electron chi connectivity index (χ0n) is 8.30. The quantitative estimate of drug-likeness (QED) is 0.493. The zero-order valence-corrected chi connectivity index (χ0v) is 11.2. The normalized spacial score (nSPS) is 9.62. The van der Waals surface area contributed by atoms with Gasteiger partial charge in [-0.2, -0.15) is 0 Å². The van der Waals surface area contributed by atoms with E-state index in [9.17, 15) is 9.59 Å². The fraction of sp³-hybridized carbons (Fsp3) is 0.200. The van der Waals surface area contributed by atoms with Crippen LogP contribution in [0.4, 0.5) is 5.69 Å². The number of rotatable bonds is 3. The molecule has 0 spiro atoms. The van der Waals surface area contributed by atoms with E-state index in [1.54, 1.807) is 12.1 Å². The lowest BCUT2D eigenvalue weighted by molar-refractivity contribution is -0.136. The topological polar surface area (TPSA) is 58.2 Å². The molecule has 0 heterocycles. The van der Waals surface area contributed by atoms with E-state index in [0.717, 1.165) is 3.57 Å². The molecule has 0 unspecified atom stereocenters. The monoisotopic (exact) mass is 352 g/mol. The van der Waals surface area contributed by atoms with Crippen molar-refractivity contribution < 1.29 is 9.59 Å². The molecule has 0 saturated heterocycles. The van der Waals surface area contributed by atoms with Crippen molar-refractivity contribution >= 4 is 51.7 Å². The van der Waals surface area contributed by atoms with Gasteiger partial charge in [0, 0.05) is 21.7 Å². The number of amides is 2. The van der Waals surface area contributed by atoms with Crippen LogP contribution in [0.5, 0.6) is 0 Å². The molecule has 16 heavy (non-hydrogen) atoms. The lowest BCUT2D eigenvalue weighted by Crippen LogP contribution is -2.36. The van der Waals surface area contributed by atoms with Crippen LogP contribution in [0, 0.1) is 3.57 Å². The number of benzene rings is 1. The van der Waals surface area contributed by atoms with Crippen LogP contribution in [0.25, 0.3) is 0 Å². The third kappa shape index (κ3) is 4.36. The number of nitrogens with one attached hydrogen (secondary N) is 2. The molecule has 0 aliphatic rings. The van der Waals surface area contributed by atoms with Gasteiger partial charge in [0.2, 0.25) is 0 Å². The molecule has 2 amide bonds. The van der Waals surface area contributed by atoms with Crippen LogP contribution in [0.3, 0.4) is 0 Å². The summed E-state index contributed by atoms with van der Waals surface area (Å²) in [5, 5.41) is 4.86. The van der Waals surface area contributed by atoms with Crippen molar-refractivity contribution in [3.63, 3.8) is 0 Å². The molecule has 86 valence electrons. The van der Waals surface area contributed by atoms with E-state index in [4.69, 9.17) is 11.6 Å². The Bertz CT molecular complexity index is 381. The highest BCUT2D eigenvalue weighted by atomic mass is 127. The second-order valence-corrected chi connectivity index (χ2v) is 4.53. The Morgan fingerprint density at radius 2 is 1.81 bits per heavy atom. The number of halogens is 2. The van der Waals surface area contributed by atoms with Gasteiger partial charge in [-0.25, -0.2) is 0 Å². The van der Waals surface area contributed by atoms with Gasteiger partial charge in [-0.1, -0.05) is 0 Å². The van der Waals surface area contributed by atoms with Gasteiger partial charge in [-0.05, 0) is 46.9 Å². The maximum atomic E-state index is 11.3. The van der Waals surface area contributed by atoms with Crippen molar-refractivity contribution in [2.24, 2.45) is 0 Å². The van der Waals surface area contributed by atoms with Crippen molar-refractivity contribution in [2.75, 3.05) is 17.7 Å². The van der Waals surface area contributed by atoms with Crippen molar-refractivity contribution in [1.29, 1.82) is 0 Å². The van der Waals surface area contributed by atoms with Crippen LogP contribution in [0.2, 0.25) is 0 Å². The average Bonchev–Trinajstić information content (AvgIpc) is 2.29. The molecule has 0 fully saturated rings. The number of hydrogen-bond donors (Lipinski definition) is 2. The Hall–Kier alpha value is -0.820. The van der Waals surface area contributed by atoms with E-state index in [1.807, 2.05) is 12.1 Å². The summed E-state index contributed by atoms with van der Waals surface area (Å²) in [5.74, 6) is -1.09. The van der Waals surface area contributed by atoms with E-state index in [2.05, 4.69) is 33.2 Å². The summed E-state index contributed by atoms with van der Waals surface area (Å²) in [5.41, 5.74) is 0.589. The van der Waals surface area contributed by atoms with E-state index in [1.165, 1.54) is 0 Å². The minimum atomic E-state index is -0.689. The molecule has 0 aliphatic carbocycles. The maximum Gasteiger partial charge on any atom is 0.313 e. The predicted molar refractivity (Wildman–Crippen MR) is 71.5 cm³/mol. The van der Waals surface area contributed by atoms with E-state index in [-0.39, 0.29) is 12.4 Å². The van der Waals surface area contributed by atoms with Crippen LogP contribution in [0.1, 0.15) is 0 Å².